The van der Waals surface area contributed by atoms with Gasteiger partial charge in [-0.2, -0.15) is 0 Å². The minimum Gasteiger partial charge on any atom is -0.416 e. The smallest absolute Gasteiger partial charge is 0.248 e. The van der Waals surface area contributed by atoms with E-state index in [0.717, 1.165) is 55.5 Å². The highest BCUT2D eigenvalue weighted by atomic mass is 127. The van der Waals surface area contributed by atoms with Crippen molar-refractivity contribution < 1.29 is 8.83 Å². The Kier molecular flexibility index (Phi) is 8.53. The van der Waals surface area contributed by atoms with Crippen LogP contribution >= 0.6 is 22.6 Å². The predicted molar refractivity (Wildman–Crippen MR) is 230 cm³/mol. The number of benzene rings is 6. The summed E-state index contributed by atoms with van der Waals surface area (Å²) in [4.78, 5) is 3.59. The van der Waals surface area contributed by atoms with Crippen LogP contribution in [-0.2, 0) is 8.84 Å². The SMILES string of the molecule is CC(C)(C)c1ccc(-c2nnc(-c3ccc(-c4ccc5[nH]c6ccc(-c7ccc(-c8nnc(-c9ccc(C(C)(C)I)cc9)o8)cc7)cc6c5c4)cc3)o2)cc1. The molecule has 6 aromatic carbocycles. The van der Waals surface area contributed by atoms with Gasteiger partial charge in [0.1, 0.15) is 0 Å². The van der Waals surface area contributed by atoms with Gasteiger partial charge in [-0.25, -0.2) is 0 Å². The zero-order chi connectivity index (χ0) is 37.9. The molecule has 9 aromatic rings. The molecule has 3 aromatic heterocycles. The molecule has 7 nitrogen and oxygen atoms in total. The molecule has 0 aliphatic rings. The number of nitrogens with one attached hydrogen (secondary N) is 1. The van der Waals surface area contributed by atoms with E-state index in [4.69, 9.17) is 8.83 Å². The van der Waals surface area contributed by atoms with Crippen LogP contribution in [0.15, 0.2) is 142 Å². The molecule has 0 spiro atoms. The van der Waals surface area contributed by atoms with Gasteiger partial charge in [0.15, 0.2) is 0 Å². The van der Waals surface area contributed by atoms with Gasteiger partial charge < -0.3 is 13.8 Å². The molecular formula is C47H38IN5O2. The Morgan fingerprint density at radius 1 is 0.400 bits per heavy atom. The van der Waals surface area contributed by atoms with Crippen molar-refractivity contribution in [3.63, 3.8) is 0 Å². The Labute approximate surface area is 333 Å². The Hall–Kier alpha value is -5.87. The number of fused-ring (bicyclic) bond motifs is 3. The van der Waals surface area contributed by atoms with Crippen molar-refractivity contribution in [3.05, 3.63) is 145 Å². The van der Waals surface area contributed by atoms with Crippen molar-refractivity contribution in [1.29, 1.82) is 0 Å². The Morgan fingerprint density at radius 3 is 1.05 bits per heavy atom. The lowest BCUT2D eigenvalue weighted by molar-refractivity contribution is 0.582. The third-order valence-corrected chi connectivity index (χ3v) is 10.8. The fourth-order valence-corrected chi connectivity index (χ4v) is 7.26. The van der Waals surface area contributed by atoms with Gasteiger partial charge in [0.05, 0.1) is 0 Å². The molecule has 0 aliphatic carbocycles. The topological polar surface area (TPSA) is 93.6 Å². The van der Waals surface area contributed by atoms with E-state index in [9.17, 15) is 0 Å². The van der Waals surface area contributed by atoms with E-state index < -0.39 is 0 Å². The maximum Gasteiger partial charge on any atom is 0.248 e. The van der Waals surface area contributed by atoms with Crippen molar-refractivity contribution in [2.24, 2.45) is 0 Å². The minimum absolute atomic E-state index is 0.0534. The number of hydrogen-bond acceptors (Lipinski definition) is 6. The second-order valence-electron chi connectivity index (χ2n) is 15.5. The summed E-state index contributed by atoms with van der Waals surface area (Å²) in [6.45, 7) is 11.0. The maximum absolute atomic E-state index is 6.09. The molecular weight excluding hydrogens is 793 g/mol. The summed E-state index contributed by atoms with van der Waals surface area (Å²) in [7, 11) is 0. The summed E-state index contributed by atoms with van der Waals surface area (Å²) < 4.78 is 12.2. The van der Waals surface area contributed by atoms with Gasteiger partial charge in [0.2, 0.25) is 23.6 Å². The van der Waals surface area contributed by atoms with Crippen LogP contribution < -0.4 is 0 Å². The standard InChI is InChI=1S/C47H38IN5O2/c1-46(2,3)36-20-14-32(15-21-36)44-52-50-42(54-44)30-10-6-28(7-11-30)34-18-24-40-38(26-34)39-27-35(19-25-41(39)49-40)29-8-12-31(13-9-29)43-51-53-45(55-43)33-16-22-37(23-17-33)47(4,5)48/h6-27,49H,1-5H3. The van der Waals surface area contributed by atoms with E-state index in [1.807, 2.05) is 48.5 Å². The Morgan fingerprint density at radius 2 is 0.709 bits per heavy atom. The molecule has 0 amide bonds. The van der Waals surface area contributed by atoms with Crippen LogP contribution in [0, 0.1) is 0 Å². The van der Waals surface area contributed by atoms with E-state index in [2.05, 4.69) is 168 Å². The monoisotopic (exact) mass is 831 g/mol. The van der Waals surface area contributed by atoms with E-state index >= 15 is 0 Å². The van der Waals surface area contributed by atoms with Crippen LogP contribution in [0.4, 0.5) is 0 Å². The average Bonchev–Trinajstić information content (AvgIpc) is 3.97. The summed E-state index contributed by atoms with van der Waals surface area (Å²) >= 11 is 2.45. The summed E-state index contributed by atoms with van der Waals surface area (Å²) in [6, 6.07) is 46.3. The Bertz CT molecular complexity index is 2610. The second kappa shape index (κ2) is 13.5. The number of halogens is 1. The van der Waals surface area contributed by atoms with E-state index in [0.29, 0.717) is 23.6 Å². The van der Waals surface area contributed by atoms with Gasteiger partial charge >= 0.3 is 0 Å². The molecule has 0 saturated carbocycles. The second-order valence-corrected chi connectivity index (χ2v) is 18.2. The summed E-state index contributed by atoms with van der Waals surface area (Å²) in [5, 5.41) is 19.7. The highest BCUT2D eigenvalue weighted by Crippen LogP contribution is 2.36. The maximum atomic E-state index is 6.09. The molecule has 0 aliphatic heterocycles. The van der Waals surface area contributed by atoms with E-state index in [-0.39, 0.29) is 8.84 Å². The highest BCUT2D eigenvalue weighted by Gasteiger charge is 2.18. The summed E-state index contributed by atoms with van der Waals surface area (Å²) in [5.41, 5.74) is 12.8. The first-order chi connectivity index (χ1) is 26.5. The number of alkyl halides is 1. The number of nitrogens with zero attached hydrogens (tertiary/aromatic N) is 4. The van der Waals surface area contributed by atoms with Crippen molar-refractivity contribution in [1.82, 2.24) is 25.4 Å². The van der Waals surface area contributed by atoms with Crippen LogP contribution in [0.2, 0.25) is 0 Å². The molecule has 9 rings (SSSR count). The van der Waals surface area contributed by atoms with E-state index in [1.165, 1.54) is 21.9 Å². The van der Waals surface area contributed by atoms with Crippen molar-refractivity contribution in [2.45, 2.75) is 43.5 Å². The predicted octanol–water partition coefficient (Wildman–Crippen LogP) is 13.1. The third kappa shape index (κ3) is 6.87. The third-order valence-electron chi connectivity index (χ3n) is 10.2. The molecule has 0 saturated heterocycles. The molecule has 0 unspecified atom stereocenters. The van der Waals surface area contributed by atoms with Gasteiger partial charge in [0.25, 0.3) is 0 Å². The first-order valence-electron chi connectivity index (χ1n) is 18.3. The lowest BCUT2D eigenvalue weighted by atomic mass is 9.87. The molecule has 3 heterocycles. The highest BCUT2D eigenvalue weighted by molar-refractivity contribution is 14.1. The average molecular weight is 832 g/mol. The Balaban J connectivity index is 0.938. The molecule has 1 N–H and O–H groups in total. The first-order valence-corrected chi connectivity index (χ1v) is 19.4. The molecule has 270 valence electrons. The number of aromatic amines is 1. The zero-order valence-electron chi connectivity index (χ0n) is 31.2. The normalized spacial score (nSPS) is 12.2. The van der Waals surface area contributed by atoms with Gasteiger partial charge in [-0.15, -0.1) is 20.4 Å². The largest absolute Gasteiger partial charge is 0.416 e. The molecule has 55 heavy (non-hydrogen) atoms. The molecule has 0 fully saturated rings. The zero-order valence-corrected chi connectivity index (χ0v) is 33.3. The summed E-state index contributed by atoms with van der Waals surface area (Å²) in [5.74, 6) is 2.02. The van der Waals surface area contributed by atoms with Crippen LogP contribution in [-0.4, -0.2) is 25.4 Å². The number of H-pyrrole nitrogens is 1. The van der Waals surface area contributed by atoms with E-state index in [1.54, 1.807) is 0 Å². The van der Waals surface area contributed by atoms with Gasteiger partial charge in [-0.3, -0.25) is 0 Å². The van der Waals surface area contributed by atoms with Crippen molar-refractivity contribution in [3.8, 4) is 68.1 Å². The number of rotatable bonds is 7. The lowest BCUT2D eigenvalue weighted by Crippen LogP contribution is -2.10. The molecule has 8 heteroatoms. The fraction of sp³-hybridized carbons (Fsp3) is 0.149. The van der Waals surface area contributed by atoms with Crippen molar-refractivity contribution >= 4 is 44.4 Å². The minimum atomic E-state index is 0.0534. The van der Waals surface area contributed by atoms with Gasteiger partial charge in [-0.05, 0) is 125 Å². The van der Waals surface area contributed by atoms with Crippen LogP contribution in [0.5, 0.6) is 0 Å². The van der Waals surface area contributed by atoms with Crippen LogP contribution in [0.25, 0.3) is 89.9 Å². The molecule has 0 bridgehead atoms. The molecule has 0 radical (unpaired) electrons. The van der Waals surface area contributed by atoms with Crippen LogP contribution in [0.1, 0.15) is 45.7 Å². The van der Waals surface area contributed by atoms with Gasteiger partial charge in [-0.1, -0.05) is 104 Å². The number of aromatic nitrogens is 5. The lowest BCUT2D eigenvalue weighted by Gasteiger charge is -2.18. The quantitative estimate of drug-likeness (QED) is 0.127. The van der Waals surface area contributed by atoms with Crippen LogP contribution in [0.3, 0.4) is 0 Å². The fourth-order valence-electron chi connectivity index (χ4n) is 6.90. The first kappa shape index (κ1) is 34.9. The van der Waals surface area contributed by atoms with Crippen molar-refractivity contribution in [2.75, 3.05) is 0 Å². The van der Waals surface area contributed by atoms with Gasteiger partial charge in [0, 0.05) is 47.5 Å². The summed E-state index contributed by atoms with van der Waals surface area (Å²) in [6.07, 6.45) is 0. The molecule has 0 atom stereocenters. The number of hydrogen-bond donors (Lipinski definition) is 1.